The van der Waals surface area contributed by atoms with Crippen molar-refractivity contribution in [1.82, 2.24) is 34.9 Å². The summed E-state index contributed by atoms with van der Waals surface area (Å²) in [5.74, 6) is 0.738. The quantitative estimate of drug-likeness (QED) is 0.314. The summed E-state index contributed by atoms with van der Waals surface area (Å²) in [7, 11) is 0. The normalized spacial score (nSPS) is 13.2. The molecule has 36 heavy (non-hydrogen) atoms. The summed E-state index contributed by atoms with van der Waals surface area (Å²) >= 11 is 0. The maximum absolute atomic E-state index is 14.5. The fraction of sp³-hybridized carbons (Fsp3) is 0.407. The Bertz CT molecular complexity index is 1360. The zero-order valence-electron chi connectivity index (χ0n) is 21.5. The van der Waals surface area contributed by atoms with Gasteiger partial charge in [0.15, 0.2) is 0 Å². The minimum atomic E-state index is -0.664. The van der Waals surface area contributed by atoms with Crippen LogP contribution in [0.2, 0.25) is 0 Å². The molecule has 9 heteroatoms. The van der Waals surface area contributed by atoms with E-state index in [1.165, 1.54) is 18.2 Å². The highest BCUT2D eigenvalue weighted by Gasteiger charge is 2.36. The van der Waals surface area contributed by atoms with Crippen molar-refractivity contribution in [2.45, 2.75) is 66.2 Å². The average Bonchev–Trinajstić information content (AvgIpc) is 3.16. The molecule has 0 fully saturated rings. The Morgan fingerprint density at radius 3 is 2.36 bits per heavy atom. The van der Waals surface area contributed by atoms with Crippen molar-refractivity contribution in [1.29, 1.82) is 0 Å². The third-order valence-corrected chi connectivity index (χ3v) is 6.22. The zero-order valence-corrected chi connectivity index (χ0v) is 21.5. The maximum atomic E-state index is 14.5. The van der Waals surface area contributed by atoms with E-state index in [1.54, 1.807) is 16.9 Å². The zero-order chi connectivity index (χ0) is 26.0. The van der Waals surface area contributed by atoms with Crippen molar-refractivity contribution in [3.63, 3.8) is 0 Å². The predicted molar refractivity (Wildman–Crippen MR) is 134 cm³/mol. The van der Waals surface area contributed by atoms with Crippen LogP contribution in [0.5, 0.6) is 0 Å². The monoisotopic (exact) mass is 491 g/mol. The summed E-state index contributed by atoms with van der Waals surface area (Å²) < 4.78 is 30.7. The van der Waals surface area contributed by atoms with Crippen molar-refractivity contribution in [2.75, 3.05) is 0 Å². The van der Waals surface area contributed by atoms with E-state index in [0.29, 0.717) is 29.9 Å². The van der Waals surface area contributed by atoms with Crippen molar-refractivity contribution in [2.24, 2.45) is 5.92 Å². The molecular weight excluding hydrogens is 460 g/mol. The minimum absolute atomic E-state index is 0.166. The topological polar surface area (TPSA) is 82.3 Å². The molecule has 1 atom stereocenters. The minimum Gasteiger partial charge on any atom is -0.220 e. The molecule has 0 amide bonds. The van der Waals surface area contributed by atoms with Crippen LogP contribution in [0.15, 0.2) is 36.5 Å². The highest BCUT2D eigenvalue weighted by Crippen LogP contribution is 2.39. The molecule has 4 aromatic rings. The van der Waals surface area contributed by atoms with Gasteiger partial charge in [0.1, 0.15) is 23.3 Å². The van der Waals surface area contributed by atoms with Crippen LogP contribution < -0.4 is 0 Å². The van der Waals surface area contributed by atoms with Gasteiger partial charge in [-0.25, -0.2) is 23.7 Å². The van der Waals surface area contributed by atoms with Crippen LogP contribution in [0.3, 0.4) is 0 Å². The first kappa shape index (κ1) is 25.5. The standard InChI is InChI=1S/C27H31F2N7/c1-7-9-19-14-22(24-20(28)10-8-11-21(24)29)33-34-25(19)27(6,15-16(2)3)23-12-13-30-26(32-23)36-18(5)31-17(4)35-36/h8,10-14,16H,7,9,15H2,1-6H3/t27-/m0/s1. The molecule has 0 saturated carbocycles. The molecule has 0 aliphatic carbocycles. The number of rotatable bonds is 8. The van der Waals surface area contributed by atoms with E-state index in [0.717, 1.165) is 29.8 Å². The Morgan fingerprint density at radius 1 is 1.03 bits per heavy atom. The molecule has 0 spiro atoms. The lowest BCUT2D eigenvalue weighted by Crippen LogP contribution is -2.31. The van der Waals surface area contributed by atoms with Gasteiger partial charge in [-0.05, 0) is 69.4 Å². The molecule has 0 bridgehead atoms. The first-order valence-corrected chi connectivity index (χ1v) is 12.2. The number of aromatic nitrogens is 7. The van der Waals surface area contributed by atoms with Gasteiger partial charge < -0.3 is 0 Å². The Balaban J connectivity index is 1.89. The summed E-state index contributed by atoms with van der Waals surface area (Å²) in [6, 6.07) is 7.44. The number of hydrogen-bond acceptors (Lipinski definition) is 6. The summed E-state index contributed by atoms with van der Waals surface area (Å²) in [6.07, 6.45) is 3.96. The lowest BCUT2D eigenvalue weighted by atomic mass is 9.74. The summed E-state index contributed by atoms with van der Waals surface area (Å²) in [6.45, 7) is 12.1. The van der Waals surface area contributed by atoms with Gasteiger partial charge in [-0.3, -0.25) is 0 Å². The second-order valence-corrected chi connectivity index (χ2v) is 9.74. The number of hydrogen-bond donors (Lipinski definition) is 0. The fourth-order valence-corrected chi connectivity index (χ4v) is 4.83. The van der Waals surface area contributed by atoms with Gasteiger partial charge in [0.05, 0.1) is 28.1 Å². The Hall–Kier alpha value is -3.62. The van der Waals surface area contributed by atoms with Crippen molar-refractivity contribution in [3.8, 4) is 17.2 Å². The predicted octanol–water partition coefficient (Wildman–Crippen LogP) is 5.71. The second kappa shape index (κ2) is 10.2. The molecule has 188 valence electrons. The molecule has 0 saturated heterocycles. The van der Waals surface area contributed by atoms with Crippen LogP contribution in [0.1, 0.15) is 69.1 Å². The lowest BCUT2D eigenvalue weighted by molar-refractivity contribution is 0.402. The summed E-state index contributed by atoms with van der Waals surface area (Å²) in [4.78, 5) is 13.7. The Labute approximate surface area is 210 Å². The van der Waals surface area contributed by atoms with E-state index >= 15 is 0 Å². The van der Waals surface area contributed by atoms with Gasteiger partial charge in [-0.15, -0.1) is 10.2 Å². The average molecular weight is 492 g/mol. The van der Waals surface area contributed by atoms with Gasteiger partial charge in [-0.2, -0.15) is 9.78 Å². The third-order valence-electron chi connectivity index (χ3n) is 6.22. The smallest absolute Gasteiger partial charge is 0.220 e. The van der Waals surface area contributed by atoms with E-state index in [-0.39, 0.29) is 11.3 Å². The molecular formula is C27H31F2N7. The molecule has 7 nitrogen and oxygen atoms in total. The number of nitrogens with zero attached hydrogens (tertiary/aromatic N) is 7. The van der Waals surface area contributed by atoms with Crippen LogP contribution in [0.25, 0.3) is 17.2 Å². The highest BCUT2D eigenvalue weighted by atomic mass is 19.1. The van der Waals surface area contributed by atoms with Gasteiger partial charge in [0, 0.05) is 6.20 Å². The van der Waals surface area contributed by atoms with Crippen molar-refractivity contribution in [3.05, 3.63) is 76.8 Å². The van der Waals surface area contributed by atoms with Crippen LogP contribution in [-0.4, -0.2) is 34.9 Å². The van der Waals surface area contributed by atoms with Crippen molar-refractivity contribution < 1.29 is 8.78 Å². The summed E-state index contributed by atoms with van der Waals surface area (Å²) in [5.41, 5.74) is 1.79. The molecule has 0 N–H and O–H groups in total. The van der Waals surface area contributed by atoms with Crippen LogP contribution in [-0.2, 0) is 11.8 Å². The molecule has 3 heterocycles. The number of halogens is 2. The molecule has 4 rings (SSSR count). The van der Waals surface area contributed by atoms with Crippen molar-refractivity contribution >= 4 is 0 Å². The van der Waals surface area contributed by atoms with E-state index in [4.69, 9.17) is 4.98 Å². The summed E-state index contributed by atoms with van der Waals surface area (Å²) in [5, 5.41) is 13.3. The number of aryl methyl sites for hydroxylation is 3. The first-order chi connectivity index (χ1) is 17.1. The number of benzene rings is 1. The second-order valence-electron chi connectivity index (χ2n) is 9.74. The lowest BCUT2D eigenvalue weighted by Gasteiger charge is -2.32. The molecule has 0 unspecified atom stereocenters. The molecule has 3 aromatic heterocycles. The highest BCUT2D eigenvalue weighted by molar-refractivity contribution is 5.61. The fourth-order valence-electron chi connectivity index (χ4n) is 4.83. The SMILES string of the molecule is CCCc1cc(-c2c(F)cccc2F)nnc1[C@@](C)(CC(C)C)c1ccnc(-n2nc(C)nc2C)n1. The van der Waals surface area contributed by atoms with E-state index in [1.807, 2.05) is 19.9 Å². The van der Waals surface area contributed by atoms with Gasteiger partial charge in [-0.1, -0.05) is 33.3 Å². The van der Waals surface area contributed by atoms with Crippen LogP contribution in [0.4, 0.5) is 8.78 Å². The molecule has 0 radical (unpaired) electrons. The van der Waals surface area contributed by atoms with E-state index < -0.39 is 17.0 Å². The Kier molecular flexibility index (Phi) is 7.19. The first-order valence-electron chi connectivity index (χ1n) is 12.2. The van der Waals surface area contributed by atoms with E-state index in [2.05, 4.69) is 53.0 Å². The molecule has 1 aromatic carbocycles. The van der Waals surface area contributed by atoms with E-state index in [9.17, 15) is 8.78 Å². The van der Waals surface area contributed by atoms with Gasteiger partial charge >= 0.3 is 0 Å². The largest absolute Gasteiger partial charge is 0.252 e. The Morgan fingerprint density at radius 2 is 1.75 bits per heavy atom. The van der Waals surface area contributed by atoms with Gasteiger partial charge in [0.25, 0.3) is 5.95 Å². The van der Waals surface area contributed by atoms with Crippen LogP contribution >= 0.6 is 0 Å². The maximum Gasteiger partial charge on any atom is 0.252 e. The van der Waals surface area contributed by atoms with Gasteiger partial charge in [0.2, 0.25) is 0 Å². The van der Waals surface area contributed by atoms with Crippen LogP contribution in [0, 0.1) is 31.4 Å². The molecule has 0 aliphatic heterocycles. The molecule has 0 aliphatic rings. The third kappa shape index (κ3) is 4.87.